The summed E-state index contributed by atoms with van der Waals surface area (Å²) in [4.78, 5) is 0. The SMILES string of the molecule is CCCCCCCCC(NCC)c1cc(C)cc(F)c1. The van der Waals surface area contributed by atoms with Crippen LogP contribution in [0.25, 0.3) is 0 Å². The average molecular weight is 279 g/mol. The fourth-order valence-corrected chi connectivity index (χ4v) is 2.73. The first-order chi connectivity index (χ1) is 9.67. The Morgan fingerprint density at radius 3 is 2.35 bits per heavy atom. The summed E-state index contributed by atoms with van der Waals surface area (Å²) in [5, 5.41) is 3.49. The monoisotopic (exact) mass is 279 g/mol. The molecule has 0 saturated heterocycles. The molecule has 0 spiro atoms. The number of rotatable bonds is 10. The normalized spacial score (nSPS) is 12.6. The standard InChI is InChI=1S/C18H30FN/c1-4-6-7-8-9-10-11-18(20-5-2)16-12-15(3)13-17(19)14-16/h12-14,18,20H,4-11H2,1-3H3. The minimum absolute atomic E-state index is 0.120. The third-order valence-corrected chi connectivity index (χ3v) is 3.76. The van der Waals surface area contributed by atoms with Gasteiger partial charge in [0.15, 0.2) is 0 Å². The van der Waals surface area contributed by atoms with Crippen molar-refractivity contribution in [1.29, 1.82) is 0 Å². The molecule has 1 aromatic rings. The molecule has 0 aromatic heterocycles. The van der Waals surface area contributed by atoms with Crippen LogP contribution in [0.3, 0.4) is 0 Å². The molecule has 114 valence electrons. The first-order valence-electron chi connectivity index (χ1n) is 8.17. The zero-order valence-electron chi connectivity index (χ0n) is 13.3. The van der Waals surface area contributed by atoms with Crippen molar-refractivity contribution < 1.29 is 4.39 Å². The molecule has 1 unspecified atom stereocenters. The third kappa shape index (κ3) is 6.51. The second kappa shape index (κ2) is 9.93. The summed E-state index contributed by atoms with van der Waals surface area (Å²) in [6.45, 7) is 7.24. The average Bonchev–Trinajstić information content (AvgIpc) is 2.40. The molecule has 0 amide bonds. The summed E-state index contributed by atoms with van der Waals surface area (Å²) in [5.74, 6) is -0.120. The van der Waals surface area contributed by atoms with E-state index in [0.717, 1.165) is 24.1 Å². The Kier molecular flexibility index (Phi) is 8.52. The number of halogens is 1. The van der Waals surface area contributed by atoms with Gasteiger partial charge in [-0.3, -0.25) is 0 Å². The Bertz CT molecular complexity index is 355. The van der Waals surface area contributed by atoms with E-state index in [4.69, 9.17) is 0 Å². The topological polar surface area (TPSA) is 12.0 Å². The van der Waals surface area contributed by atoms with Crippen LogP contribution in [0.1, 0.15) is 76.0 Å². The molecule has 0 aliphatic heterocycles. The molecule has 1 N–H and O–H groups in total. The van der Waals surface area contributed by atoms with E-state index in [9.17, 15) is 4.39 Å². The van der Waals surface area contributed by atoms with E-state index in [-0.39, 0.29) is 5.82 Å². The highest BCUT2D eigenvalue weighted by molar-refractivity contribution is 5.26. The van der Waals surface area contributed by atoms with Gasteiger partial charge in [0.2, 0.25) is 0 Å². The van der Waals surface area contributed by atoms with Gasteiger partial charge in [-0.25, -0.2) is 4.39 Å². The van der Waals surface area contributed by atoms with Gasteiger partial charge in [0.25, 0.3) is 0 Å². The molecular formula is C18H30FN. The van der Waals surface area contributed by atoms with Crippen molar-refractivity contribution in [3.05, 3.63) is 35.1 Å². The Labute approximate surface area is 124 Å². The second-order valence-electron chi connectivity index (χ2n) is 5.73. The largest absolute Gasteiger partial charge is 0.310 e. The summed E-state index contributed by atoms with van der Waals surface area (Å²) in [6, 6.07) is 5.67. The minimum atomic E-state index is -0.120. The summed E-state index contributed by atoms with van der Waals surface area (Å²) in [6.07, 6.45) is 8.93. The molecule has 0 radical (unpaired) electrons. The molecule has 0 aliphatic rings. The molecule has 1 aromatic carbocycles. The summed E-state index contributed by atoms with van der Waals surface area (Å²) < 4.78 is 13.5. The quantitative estimate of drug-likeness (QED) is 0.555. The van der Waals surface area contributed by atoms with Crippen molar-refractivity contribution in [3.8, 4) is 0 Å². The van der Waals surface area contributed by atoms with Crippen molar-refractivity contribution in [2.75, 3.05) is 6.54 Å². The van der Waals surface area contributed by atoms with E-state index in [1.54, 1.807) is 12.1 Å². The highest BCUT2D eigenvalue weighted by Gasteiger charge is 2.11. The van der Waals surface area contributed by atoms with E-state index < -0.39 is 0 Å². The molecule has 0 bridgehead atoms. The third-order valence-electron chi connectivity index (χ3n) is 3.76. The second-order valence-corrected chi connectivity index (χ2v) is 5.73. The molecule has 0 fully saturated rings. The highest BCUT2D eigenvalue weighted by atomic mass is 19.1. The van der Waals surface area contributed by atoms with E-state index in [2.05, 4.69) is 25.2 Å². The zero-order chi connectivity index (χ0) is 14.8. The Hall–Kier alpha value is -0.890. The van der Waals surface area contributed by atoms with Gasteiger partial charge < -0.3 is 5.32 Å². The maximum atomic E-state index is 13.5. The molecular weight excluding hydrogens is 249 g/mol. The van der Waals surface area contributed by atoms with Crippen molar-refractivity contribution in [1.82, 2.24) is 5.32 Å². The van der Waals surface area contributed by atoms with Gasteiger partial charge in [-0.1, -0.05) is 58.4 Å². The van der Waals surface area contributed by atoms with Gasteiger partial charge in [0, 0.05) is 6.04 Å². The predicted octanol–water partition coefficient (Wildman–Crippen LogP) is 5.54. The summed E-state index contributed by atoms with van der Waals surface area (Å²) >= 11 is 0. The van der Waals surface area contributed by atoms with E-state index in [0.29, 0.717) is 6.04 Å². The predicted molar refractivity (Wildman–Crippen MR) is 85.5 cm³/mol. The molecule has 1 nitrogen and oxygen atoms in total. The van der Waals surface area contributed by atoms with Crippen LogP contribution in [0.15, 0.2) is 18.2 Å². The molecule has 1 atom stereocenters. The number of unbranched alkanes of at least 4 members (excludes halogenated alkanes) is 5. The maximum Gasteiger partial charge on any atom is 0.123 e. The number of hydrogen-bond acceptors (Lipinski definition) is 1. The molecule has 0 heterocycles. The van der Waals surface area contributed by atoms with Crippen LogP contribution in [0.2, 0.25) is 0 Å². The van der Waals surface area contributed by atoms with Crippen LogP contribution < -0.4 is 5.32 Å². The minimum Gasteiger partial charge on any atom is -0.310 e. The van der Waals surface area contributed by atoms with E-state index in [1.807, 2.05) is 6.92 Å². The van der Waals surface area contributed by atoms with Crippen molar-refractivity contribution >= 4 is 0 Å². The van der Waals surface area contributed by atoms with Crippen molar-refractivity contribution in [2.24, 2.45) is 0 Å². The van der Waals surface area contributed by atoms with Gasteiger partial charge in [-0.05, 0) is 43.1 Å². The lowest BCUT2D eigenvalue weighted by Gasteiger charge is -2.19. The Morgan fingerprint density at radius 2 is 1.70 bits per heavy atom. The molecule has 2 heteroatoms. The fourth-order valence-electron chi connectivity index (χ4n) is 2.73. The molecule has 0 aliphatic carbocycles. The van der Waals surface area contributed by atoms with Gasteiger partial charge in [-0.2, -0.15) is 0 Å². The lowest BCUT2D eigenvalue weighted by Crippen LogP contribution is -2.21. The van der Waals surface area contributed by atoms with Crippen LogP contribution in [0, 0.1) is 12.7 Å². The maximum absolute atomic E-state index is 13.5. The van der Waals surface area contributed by atoms with E-state index >= 15 is 0 Å². The van der Waals surface area contributed by atoms with Crippen LogP contribution >= 0.6 is 0 Å². The van der Waals surface area contributed by atoms with Crippen LogP contribution in [-0.4, -0.2) is 6.54 Å². The van der Waals surface area contributed by atoms with Gasteiger partial charge in [0.05, 0.1) is 0 Å². The fraction of sp³-hybridized carbons (Fsp3) is 0.667. The van der Waals surface area contributed by atoms with Crippen molar-refractivity contribution in [2.45, 2.75) is 71.8 Å². The van der Waals surface area contributed by atoms with Crippen molar-refractivity contribution in [3.63, 3.8) is 0 Å². The first kappa shape index (κ1) is 17.2. The highest BCUT2D eigenvalue weighted by Crippen LogP contribution is 2.22. The lowest BCUT2D eigenvalue weighted by molar-refractivity contribution is 0.474. The van der Waals surface area contributed by atoms with Gasteiger partial charge >= 0.3 is 0 Å². The van der Waals surface area contributed by atoms with Crippen LogP contribution in [0.4, 0.5) is 4.39 Å². The van der Waals surface area contributed by atoms with Gasteiger partial charge in [-0.15, -0.1) is 0 Å². The van der Waals surface area contributed by atoms with Crippen LogP contribution in [0.5, 0.6) is 0 Å². The molecule has 1 rings (SSSR count). The van der Waals surface area contributed by atoms with Gasteiger partial charge in [0.1, 0.15) is 5.82 Å². The van der Waals surface area contributed by atoms with Crippen LogP contribution in [-0.2, 0) is 0 Å². The van der Waals surface area contributed by atoms with E-state index in [1.165, 1.54) is 38.5 Å². The number of nitrogens with one attached hydrogen (secondary N) is 1. The lowest BCUT2D eigenvalue weighted by atomic mass is 9.98. The molecule has 0 saturated carbocycles. The number of benzene rings is 1. The Morgan fingerprint density at radius 1 is 1.00 bits per heavy atom. The zero-order valence-corrected chi connectivity index (χ0v) is 13.3. The first-order valence-corrected chi connectivity index (χ1v) is 8.17. The Balaban J connectivity index is 2.47. The summed E-state index contributed by atoms with van der Waals surface area (Å²) in [7, 11) is 0. The smallest absolute Gasteiger partial charge is 0.123 e. The number of aryl methyl sites for hydroxylation is 1. The molecule has 20 heavy (non-hydrogen) atoms. The summed E-state index contributed by atoms with van der Waals surface area (Å²) in [5.41, 5.74) is 2.10. The number of hydrogen-bond donors (Lipinski definition) is 1.